The highest BCUT2D eigenvalue weighted by molar-refractivity contribution is 7.95. The maximum Gasteiger partial charge on any atom is 0.184 e. The van der Waals surface area contributed by atoms with Gasteiger partial charge in [-0.1, -0.05) is 12.1 Å². The second-order valence-electron chi connectivity index (χ2n) is 4.83. The van der Waals surface area contributed by atoms with Crippen molar-refractivity contribution in [1.29, 1.82) is 0 Å². The van der Waals surface area contributed by atoms with Gasteiger partial charge in [-0.2, -0.15) is 0 Å². The normalized spacial score (nSPS) is 13.6. The average molecular weight is 276 g/mol. The predicted molar refractivity (Wildman–Crippen MR) is 66.5 cm³/mol. The summed E-state index contributed by atoms with van der Waals surface area (Å²) in [4.78, 5) is -0.273. The number of hydrogen-bond acceptors (Lipinski definition) is 4. The minimum absolute atomic E-state index is 0.130. The molecule has 6 heteroatoms. The van der Waals surface area contributed by atoms with Gasteiger partial charge in [0.15, 0.2) is 19.7 Å². The number of benzene rings is 1. The Hall–Kier alpha value is -0.880. The lowest BCUT2D eigenvalue weighted by Crippen LogP contribution is -2.29. The summed E-state index contributed by atoms with van der Waals surface area (Å²) < 4.78 is 46.6. The van der Waals surface area contributed by atoms with Crippen LogP contribution in [-0.4, -0.2) is 27.8 Å². The van der Waals surface area contributed by atoms with E-state index in [9.17, 15) is 16.8 Å². The van der Waals surface area contributed by atoms with E-state index in [1.54, 1.807) is 20.8 Å². The van der Waals surface area contributed by atoms with Crippen LogP contribution < -0.4 is 0 Å². The van der Waals surface area contributed by atoms with Crippen molar-refractivity contribution >= 4 is 19.7 Å². The van der Waals surface area contributed by atoms with Crippen LogP contribution >= 0.6 is 0 Å². The standard InChI is InChI=1S/C11H16O4S2/c1-11(2,3)17(14,15)10-8-6-5-7-9(10)16(4,12)13/h5-8H,1-4H3. The Bertz CT molecular complexity index is 620. The molecule has 0 aromatic heterocycles. The van der Waals surface area contributed by atoms with E-state index < -0.39 is 24.4 Å². The lowest BCUT2D eigenvalue weighted by molar-refractivity contribution is 0.555. The van der Waals surface area contributed by atoms with Crippen LogP contribution in [0, 0.1) is 0 Å². The van der Waals surface area contributed by atoms with Crippen LogP contribution in [0.3, 0.4) is 0 Å². The van der Waals surface area contributed by atoms with Crippen LogP contribution in [0.25, 0.3) is 0 Å². The minimum atomic E-state index is -3.67. The summed E-state index contributed by atoms with van der Waals surface area (Å²) in [6, 6.07) is 5.68. The number of hydrogen-bond donors (Lipinski definition) is 0. The molecule has 0 aliphatic heterocycles. The molecule has 17 heavy (non-hydrogen) atoms. The Labute approximate surface area is 103 Å². The van der Waals surface area contributed by atoms with Crippen LogP contribution in [0.5, 0.6) is 0 Å². The fourth-order valence-electron chi connectivity index (χ4n) is 1.31. The van der Waals surface area contributed by atoms with E-state index in [1.165, 1.54) is 24.3 Å². The maximum atomic E-state index is 12.3. The van der Waals surface area contributed by atoms with E-state index in [4.69, 9.17) is 0 Å². The van der Waals surface area contributed by atoms with Crippen molar-refractivity contribution in [3.05, 3.63) is 24.3 Å². The van der Waals surface area contributed by atoms with E-state index in [2.05, 4.69) is 0 Å². The van der Waals surface area contributed by atoms with E-state index in [0.717, 1.165) is 6.26 Å². The van der Waals surface area contributed by atoms with Crippen LogP contribution in [0.1, 0.15) is 20.8 Å². The Morgan fingerprint density at radius 2 is 1.29 bits per heavy atom. The van der Waals surface area contributed by atoms with Crippen molar-refractivity contribution < 1.29 is 16.8 Å². The van der Waals surface area contributed by atoms with Gasteiger partial charge in [0.25, 0.3) is 0 Å². The smallest absolute Gasteiger partial charge is 0.184 e. The van der Waals surface area contributed by atoms with Gasteiger partial charge in [0.05, 0.1) is 14.5 Å². The average Bonchev–Trinajstić information content (AvgIpc) is 2.14. The summed E-state index contributed by atoms with van der Waals surface area (Å²) >= 11 is 0. The minimum Gasteiger partial charge on any atom is -0.224 e. The summed E-state index contributed by atoms with van der Waals surface area (Å²) in [5.74, 6) is 0. The monoisotopic (exact) mass is 276 g/mol. The van der Waals surface area contributed by atoms with Gasteiger partial charge in [0.2, 0.25) is 0 Å². The largest absolute Gasteiger partial charge is 0.224 e. The summed E-state index contributed by atoms with van der Waals surface area (Å²) in [5, 5.41) is 0. The highest BCUT2D eigenvalue weighted by Gasteiger charge is 2.34. The molecule has 96 valence electrons. The molecule has 4 nitrogen and oxygen atoms in total. The fraction of sp³-hybridized carbons (Fsp3) is 0.455. The molecule has 1 rings (SSSR count). The SMILES string of the molecule is CC(C)(C)S(=O)(=O)c1ccccc1S(C)(=O)=O. The van der Waals surface area contributed by atoms with Gasteiger partial charge in [-0.25, -0.2) is 16.8 Å². The molecule has 0 spiro atoms. The van der Waals surface area contributed by atoms with Crippen molar-refractivity contribution in [2.75, 3.05) is 6.26 Å². The Kier molecular flexibility index (Phi) is 3.42. The van der Waals surface area contributed by atoms with Crippen molar-refractivity contribution in [3.63, 3.8) is 0 Å². The van der Waals surface area contributed by atoms with E-state index >= 15 is 0 Å². The third kappa shape index (κ3) is 2.69. The molecule has 0 N–H and O–H groups in total. The van der Waals surface area contributed by atoms with Crippen molar-refractivity contribution in [2.24, 2.45) is 0 Å². The van der Waals surface area contributed by atoms with E-state index in [1.807, 2.05) is 0 Å². The zero-order chi connectivity index (χ0) is 13.5. The number of sulfone groups is 2. The quantitative estimate of drug-likeness (QED) is 0.824. The second kappa shape index (κ2) is 4.10. The summed E-state index contributed by atoms with van der Waals surface area (Å²) in [5.41, 5.74) is 0. The number of rotatable bonds is 2. The molecule has 0 aliphatic carbocycles. The molecular weight excluding hydrogens is 260 g/mol. The first kappa shape index (κ1) is 14.2. The highest BCUT2D eigenvalue weighted by Crippen LogP contribution is 2.29. The van der Waals surface area contributed by atoms with E-state index in [0.29, 0.717) is 0 Å². The lowest BCUT2D eigenvalue weighted by Gasteiger charge is -2.20. The zero-order valence-corrected chi connectivity index (χ0v) is 11.9. The summed E-state index contributed by atoms with van der Waals surface area (Å²) in [6.07, 6.45) is 1.00. The molecule has 0 saturated carbocycles. The van der Waals surface area contributed by atoms with Crippen LogP contribution in [0.15, 0.2) is 34.1 Å². The topological polar surface area (TPSA) is 68.3 Å². The molecule has 0 fully saturated rings. The van der Waals surface area contributed by atoms with Gasteiger partial charge < -0.3 is 0 Å². The van der Waals surface area contributed by atoms with Gasteiger partial charge in [0.1, 0.15) is 0 Å². The highest BCUT2D eigenvalue weighted by atomic mass is 32.2. The molecule has 0 radical (unpaired) electrons. The van der Waals surface area contributed by atoms with Crippen molar-refractivity contribution in [1.82, 2.24) is 0 Å². The fourth-order valence-corrected chi connectivity index (χ4v) is 4.10. The lowest BCUT2D eigenvalue weighted by atomic mass is 10.3. The Morgan fingerprint density at radius 3 is 1.65 bits per heavy atom. The van der Waals surface area contributed by atoms with Gasteiger partial charge in [-0.15, -0.1) is 0 Å². The van der Waals surface area contributed by atoms with Crippen molar-refractivity contribution in [3.8, 4) is 0 Å². The van der Waals surface area contributed by atoms with Crippen LogP contribution in [0.2, 0.25) is 0 Å². The van der Waals surface area contributed by atoms with Crippen LogP contribution in [-0.2, 0) is 19.7 Å². The first-order valence-corrected chi connectivity index (χ1v) is 8.39. The van der Waals surface area contributed by atoms with Crippen LogP contribution in [0.4, 0.5) is 0 Å². The third-order valence-electron chi connectivity index (χ3n) is 2.34. The molecule has 0 amide bonds. The van der Waals surface area contributed by atoms with Gasteiger partial charge >= 0.3 is 0 Å². The molecule has 0 unspecified atom stereocenters. The summed E-state index contributed by atoms with van der Waals surface area (Å²) in [6.45, 7) is 4.63. The Balaban J connectivity index is 3.67. The molecule has 1 aromatic rings. The molecule has 0 bridgehead atoms. The second-order valence-corrected chi connectivity index (χ2v) is 9.49. The first-order valence-electron chi connectivity index (χ1n) is 5.01. The first-order chi connectivity index (χ1) is 7.48. The molecule has 0 saturated heterocycles. The molecule has 0 aliphatic rings. The molecule has 1 aromatic carbocycles. The zero-order valence-electron chi connectivity index (χ0n) is 10.3. The van der Waals surface area contributed by atoms with Gasteiger partial charge in [0, 0.05) is 6.26 Å². The molecular formula is C11H16O4S2. The maximum absolute atomic E-state index is 12.3. The van der Waals surface area contributed by atoms with Gasteiger partial charge in [-0.3, -0.25) is 0 Å². The van der Waals surface area contributed by atoms with E-state index in [-0.39, 0.29) is 9.79 Å². The molecule has 0 heterocycles. The Morgan fingerprint density at radius 1 is 0.882 bits per heavy atom. The molecule has 0 atom stereocenters. The van der Waals surface area contributed by atoms with Crippen molar-refractivity contribution in [2.45, 2.75) is 35.3 Å². The predicted octanol–water partition coefficient (Wildman–Crippen LogP) is 1.66. The van der Waals surface area contributed by atoms with Gasteiger partial charge in [-0.05, 0) is 32.9 Å². The third-order valence-corrected chi connectivity index (χ3v) is 6.18. The summed E-state index contributed by atoms with van der Waals surface area (Å²) in [7, 11) is -7.23.